The first kappa shape index (κ1) is 14.7. The largest absolute Gasteiger partial charge is 0.411 e. The van der Waals surface area contributed by atoms with E-state index in [4.69, 9.17) is 0 Å². The molecule has 1 aliphatic rings. The zero-order valence-electron chi connectivity index (χ0n) is 10.6. The van der Waals surface area contributed by atoms with Crippen molar-refractivity contribution in [2.45, 2.75) is 38.5 Å². The lowest BCUT2D eigenvalue weighted by Crippen LogP contribution is -2.61. The first-order chi connectivity index (χ1) is 7.70. The molecule has 0 aromatic carbocycles. The zero-order valence-corrected chi connectivity index (χ0v) is 10.6. The summed E-state index contributed by atoms with van der Waals surface area (Å²) in [7, 11) is 0. The third-order valence-corrected chi connectivity index (χ3v) is 2.89. The fourth-order valence-corrected chi connectivity index (χ4v) is 1.94. The average Bonchev–Trinajstić information content (AvgIpc) is 2.16. The molecular weight excluding hydrogens is 233 g/mol. The van der Waals surface area contributed by atoms with Crippen molar-refractivity contribution in [2.75, 3.05) is 32.8 Å². The third-order valence-electron chi connectivity index (χ3n) is 2.89. The van der Waals surface area contributed by atoms with Gasteiger partial charge in [0.1, 0.15) is 6.61 Å². The number of hydrogen-bond acceptors (Lipinski definition) is 3. The quantitative estimate of drug-likeness (QED) is 0.772. The van der Waals surface area contributed by atoms with Gasteiger partial charge in [-0.1, -0.05) is 0 Å². The maximum absolute atomic E-state index is 11.9. The molecule has 1 rings (SSSR count). The predicted octanol–water partition coefficient (Wildman–Crippen LogP) is 1.64. The smallest absolute Gasteiger partial charge is 0.371 e. The molecule has 3 nitrogen and oxygen atoms in total. The number of halogens is 3. The minimum Gasteiger partial charge on any atom is -0.371 e. The van der Waals surface area contributed by atoms with Crippen LogP contribution in [0.15, 0.2) is 0 Å². The summed E-state index contributed by atoms with van der Waals surface area (Å²) < 4.78 is 40.2. The minimum absolute atomic E-state index is 0.0105. The molecule has 1 N–H and O–H groups in total. The Labute approximate surface area is 100 Å². The Hall–Kier alpha value is -0.330. The van der Waals surface area contributed by atoms with E-state index in [9.17, 15) is 13.2 Å². The highest BCUT2D eigenvalue weighted by molar-refractivity contribution is 4.90. The highest BCUT2D eigenvalue weighted by Crippen LogP contribution is 2.16. The molecule has 1 heterocycles. The van der Waals surface area contributed by atoms with E-state index in [0.717, 1.165) is 13.1 Å². The van der Waals surface area contributed by atoms with Crippen molar-refractivity contribution in [1.82, 2.24) is 10.2 Å². The number of hydrogen-bond donors (Lipinski definition) is 1. The molecular formula is C11H21F3N2O. The molecule has 1 atom stereocenters. The lowest BCUT2D eigenvalue weighted by atomic mass is 9.99. The minimum atomic E-state index is -4.23. The Balaban J connectivity index is 2.26. The monoisotopic (exact) mass is 254 g/mol. The molecule has 1 unspecified atom stereocenters. The van der Waals surface area contributed by atoms with Gasteiger partial charge in [-0.3, -0.25) is 4.90 Å². The van der Waals surface area contributed by atoms with Gasteiger partial charge in [-0.15, -0.1) is 0 Å². The SMILES string of the molecule is CC1CNC(C)(C)CN1CCOCC(F)(F)F. The highest BCUT2D eigenvalue weighted by atomic mass is 19.4. The summed E-state index contributed by atoms with van der Waals surface area (Å²) in [6.45, 7) is 7.42. The number of nitrogens with one attached hydrogen (secondary N) is 1. The Kier molecular flexibility index (Phi) is 4.80. The van der Waals surface area contributed by atoms with Gasteiger partial charge >= 0.3 is 6.18 Å². The summed E-state index contributed by atoms with van der Waals surface area (Å²) in [6.07, 6.45) is -4.23. The average molecular weight is 254 g/mol. The molecule has 0 spiro atoms. The van der Waals surface area contributed by atoms with Crippen LogP contribution in [0.25, 0.3) is 0 Å². The zero-order chi connectivity index (χ0) is 13.1. The first-order valence-corrected chi connectivity index (χ1v) is 5.83. The fraction of sp³-hybridized carbons (Fsp3) is 1.00. The van der Waals surface area contributed by atoms with E-state index < -0.39 is 12.8 Å². The van der Waals surface area contributed by atoms with Gasteiger partial charge < -0.3 is 10.1 Å². The molecule has 102 valence electrons. The Morgan fingerprint density at radius 2 is 2.06 bits per heavy atom. The fourth-order valence-electron chi connectivity index (χ4n) is 1.94. The standard InChI is InChI=1S/C11H21F3N2O/c1-9-6-15-10(2,3)7-16(9)4-5-17-8-11(12,13)14/h9,15H,4-8H2,1-3H3. The Morgan fingerprint density at radius 3 is 2.65 bits per heavy atom. The van der Waals surface area contributed by atoms with Crippen molar-refractivity contribution in [2.24, 2.45) is 0 Å². The van der Waals surface area contributed by atoms with Crippen LogP contribution in [0.4, 0.5) is 13.2 Å². The van der Waals surface area contributed by atoms with Crippen molar-refractivity contribution in [3.8, 4) is 0 Å². The number of rotatable bonds is 4. The van der Waals surface area contributed by atoms with E-state index >= 15 is 0 Å². The molecule has 1 saturated heterocycles. The summed E-state index contributed by atoms with van der Waals surface area (Å²) in [5.74, 6) is 0. The molecule has 0 radical (unpaired) electrons. The maximum atomic E-state index is 11.9. The van der Waals surface area contributed by atoms with E-state index in [1.165, 1.54) is 0 Å². The number of piperazine rings is 1. The van der Waals surface area contributed by atoms with Gasteiger partial charge in [0.25, 0.3) is 0 Å². The molecule has 1 aliphatic heterocycles. The molecule has 0 saturated carbocycles. The predicted molar refractivity (Wildman–Crippen MR) is 60.0 cm³/mol. The summed E-state index contributed by atoms with van der Waals surface area (Å²) in [6, 6.07) is 0.331. The van der Waals surface area contributed by atoms with E-state index in [1.807, 2.05) is 0 Å². The lowest BCUT2D eigenvalue weighted by molar-refractivity contribution is -0.175. The third kappa shape index (κ3) is 5.70. The van der Waals surface area contributed by atoms with Gasteiger partial charge in [0, 0.05) is 31.2 Å². The summed E-state index contributed by atoms with van der Waals surface area (Å²) >= 11 is 0. The van der Waals surface area contributed by atoms with Crippen molar-refractivity contribution in [3.05, 3.63) is 0 Å². The van der Waals surface area contributed by atoms with Crippen molar-refractivity contribution >= 4 is 0 Å². The van der Waals surface area contributed by atoms with Gasteiger partial charge in [-0.05, 0) is 20.8 Å². The topological polar surface area (TPSA) is 24.5 Å². The van der Waals surface area contributed by atoms with E-state index in [0.29, 0.717) is 12.6 Å². The number of alkyl halides is 3. The molecule has 6 heteroatoms. The summed E-state index contributed by atoms with van der Waals surface area (Å²) in [5.41, 5.74) is 0.0105. The molecule has 1 fully saturated rings. The molecule has 0 aromatic rings. The second kappa shape index (κ2) is 5.54. The first-order valence-electron chi connectivity index (χ1n) is 5.83. The van der Waals surface area contributed by atoms with Gasteiger partial charge in [-0.25, -0.2) is 0 Å². The Bertz CT molecular complexity index is 243. The van der Waals surface area contributed by atoms with Crippen LogP contribution in [-0.4, -0.2) is 55.5 Å². The number of ether oxygens (including phenoxy) is 1. The van der Waals surface area contributed by atoms with Crippen LogP contribution in [-0.2, 0) is 4.74 Å². The van der Waals surface area contributed by atoms with Gasteiger partial charge in [0.05, 0.1) is 6.61 Å². The van der Waals surface area contributed by atoms with Crippen molar-refractivity contribution < 1.29 is 17.9 Å². The van der Waals surface area contributed by atoms with Crippen LogP contribution in [0.3, 0.4) is 0 Å². The van der Waals surface area contributed by atoms with Crippen LogP contribution in [0.1, 0.15) is 20.8 Å². The van der Waals surface area contributed by atoms with Crippen LogP contribution in [0.5, 0.6) is 0 Å². The second-order valence-corrected chi connectivity index (χ2v) is 5.25. The van der Waals surface area contributed by atoms with Crippen LogP contribution in [0, 0.1) is 0 Å². The van der Waals surface area contributed by atoms with E-state index in [2.05, 4.69) is 35.7 Å². The molecule has 0 aliphatic carbocycles. The highest BCUT2D eigenvalue weighted by Gasteiger charge is 2.30. The van der Waals surface area contributed by atoms with Crippen molar-refractivity contribution in [3.63, 3.8) is 0 Å². The summed E-state index contributed by atoms with van der Waals surface area (Å²) in [4.78, 5) is 2.16. The normalized spacial score (nSPS) is 26.1. The van der Waals surface area contributed by atoms with Gasteiger partial charge in [0.2, 0.25) is 0 Å². The molecule has 0 bridgehead atoms. The van der Waals surface area contributed by atoms with Gasteiger partial charge in [0.15, 0.2) is 0 Å². The van der Waals surface area contributed by atoms with Crippen molar-refractivity contribution in [1.29, 1.82) is 0 Å². The van der Waals surface area contributed by atoms with E-state index in [-0.39, 0.29) is 12.1 Å². The molecule has 0 aromatic heterocycles. The van der Waals surface area contributed by atoms with Crippen LogP contribution < -0.4 is 5.32 Å². The number of nitrogens with zero attached hydrogens (tertiary/aromatic N) is 1. The van der Waals surface area contributed by atoms with Crippen LogP contribution >= 0.6 is 0 Å². The second-order valence-electron chi connectivity index (χ2n) is 5.25. The van der Waals surface area contributed by atoms with Crippen LogP contribution in [0.2, 0.25) is 0 Å². The van der Waals surface area contributed by atoms with E-state index in [1.54, 1.807) is 0 Å². The van der Waals surface area contributed by atoms with Gasteiger partial charge in [-0.2, -0.15) is 13.2 Å². The maximum Gasteiger partial charge on any atom is 0.411 e. The Morgan fingerprint density at radius 1 is 1.41 bits per heavy atom. The molecule has 17 heavy (non-hydrogen) atoms. The molecule has 0 amide bonds. The lowest BCUT2D eigenvalue weighted by Gasteiger charge is -2.43. The summed E-state index contributed by atoms with van der Waals surface area (Å²) in [5, 5.41) is 3.39.